The van der Waals surface area contributed by atoms with Gasteiger partial charge < -0.3 is 9.64 Å². The SMILES string of the molecule is CC.CN1CCOCC1.O=Cc1cn[nH]c1C(F)F. The van der Waals surface area contributed by atoms with Crippen LogP contribution in [0.25, 0.3) is 0 Å². The lowest BCUT2D eigenvalue weighted by Gasteiger charge is -2.21. The van der Waals surface area contributed by atoms with Gasteiger partial charge in [-0.25, -0.2) is 8.78 Å². The molecule has 0 spiro atoms. The van der Waals surface area contributed by atoms with E-state index in [0.717, 1.165) is 32.5 Å². The van der Waals surface area contributed by atoms with E-state index >= 15 is 0 Å². The van der Waals surface area contributed by atoms with E-state index in [1.807, 2.05) is 18.9 Å². The summed E-state index contributed by atoms with van der Waals surface area (Å²) in [6.07, 6.45) is -1.26. The van der Waals surface area contributed by atoms with Gasteiger partial charge in [-0.3, -0.25) is 9.89 Å². The molecule has 1 saturated heterocycles. The van der Waals surface area contributed by atoms with E-state index < -0.39 is 12.1 Å². The van der Waals surface area contributed by atoms with Crippen LogP contribution in [-0.2, 0) is 4.74 Å². The topological polar surface area (TPSA) is 58.2 Å². The van der Waals surface area contributed by atoms with Gasteiger partial charge in [-0.15, -0.1) is 0 Å². The van der Waals surface area contributed by atoms with Crippen molar-refractivity contribution in [2.24, 2.45) is 0 Å². The first kappa shape index (κ1) is 17.7. The van der Waals surface area contributed by atoms with Crippen LogP contribution in [0.15, 0.2) is 6.20 Å². The van der Waals surface area contributed by atoms with E-state index in [1.165, 1.54) is 0 Å². The van der Waals surface area contributed by atoms with Crippen LogP contribution in [0.4, 0.5) is 8.78 Å². The molecule has 110 valence electrons. The van der Waals surface area contributed by atoms with Crippen LogP contribution in [-0.4, -0.2) is 54.7 Å². The number of nitrogens with one attached hydrogen (secondary N) is 1. The number of halogens is 2. The van der Waals surface area contributed by atoms with E-state index in [-0.39, 0.29) is 5.56 Å². The zero-order chi connectivity index (χ0) is 14.7. The predicted octanol–water partition coefficient (Wildman–Crippen LogP) is 2.13. The summed E-state index contributed by atoms with van der Waals surface area (Å²) in [6, 6.07) is 0. The minimum Gasteiger partial charge on any atom is -0.379 e. The van der Waals surface area contributed by atoms with Crippen LogP contribution in [0, 0.1) is 0 Å². The van der Waals surface area contributed by atoms with Crippen molar-refractivity contribution in [1.82, 2.24) is 15.1 Å². The summed E-state index contributed by atoms with van der Waals surface area (Å²) in [6.45, 7) is 8.02. The molecule has 0 amide bonds. The van der Waals surface area contributed by atoms with Crippen molar-refractivity contribution in [2.45, 2.75) is 20.3 Å². The van der Waals surface area contributed by atoms with Gasteiger partial charge in [0.05, 0.1) is 25.0 Å². The Hall–Kier alpha value is -1.34. The molecule has 1 aliphatic rings. The molecule has 1 N–H and O–H groups in total. The molecule has 2 rings (SSSR count). The summed E-state index contributed by atoms with van der Waals surface area (Å²) in [5.41, 5.74) is -0.509. The van der Waals surface area contributed by atoms with E-state index in [4.69, 9.17) is 4.74 Å². The first-order valence-electron chi connectivity index (χ1n) is 6.18. The first-order valence-corrected chi connectivity index (χ1v) is 6.18. The molecule has 2 heterocycles. The second-order valence-corrected chi connectivity index (χ2v) is 3.57. The van der Waals surface area contributed by atoms with Crippen LogP contribution in [0.1, 0.15) is 36.3 Å². The first-order chi connectivity index (χ1) is 9.15. The maximum Gasteiger partial charge on any atom is 0.280 e. The molecule has 0 radical (unpaired) electrons. The quantitative estimate of drug-likeness (QED) is 0.841. The van der Waals surface area contributed by atoms with Gasteiger partial charge >= 0.3 is 0 Å². The third kappa shape index (κ3) is 6.97. The van der Waals surface area contributed by atoms with Crippen molar-refractivity contribution in [2.75, 3.05) is 33.4 Å². The molecule has 1 aromatic heterocycles. The molecule has 1 aliphatic heterocycles. The summed E-state index contributed by atoms with van der Waals surface area (Å²) in [7, 11) is 2.11. The number of alkyl halides is 2. The molecule has 0 aliphatic carbocycles. The van der Waals surface area contributed by atoms with E-state index in [0.29, 0.717) is 6.29 Å². The molecule has 0 aromatic carbocycles. The fourth-order valence-corrected chi connectivity index (χ4v) is 1.23. The average Bonchev–Trinajstić information content (AvgIpc) is 2.91. The molecular formula is C12H21F2N3O2. The zero-order valence-corrected chi connectivity index (χ0v) is 11.5. The second-order valence-electron chi connectivity index (χ2n) is 3.57. The van der Waals surface area contributed by atoms with E-state index in [1.54, 1.807) is 0 Å². The van der Waals surface area contributed by atoms with E-state index in [9.17, 15) is 13.6 Å². The van der Waals surface area contributed by atoms with Crippen LogP contribution in [0.5, 0.6) is 0 Å². The van der Waals surface area contributed by atoms with Crippen molar-refractivity contribution < 1.29 is 18.3 Å². The fourth-order valence-electron chi connectivity index (χ4n) is 1.23. The van der Waals surface area contributed by atoms with Crippen molar-refractivity contribution in [1.29, 1.82) is 0 Å². The van der Waals surface area contributed by atoms with Gasteiger partial charge in [0, 0.05) is 13.1 Å². The predicted molar refractivity (Wildman–Crippen MR) is 68.6 cm³/mol. The highest BCUT2D eigenvalue weighted by molar-refractivity contribution is 5.75. The van der Waals surface area contributed by atoms with Gasteiger partial charge in [0.15, 0.2) is 6.29 Å². The molecule has 5 nitrogen and oxygen atoms in total. The number of carbonyl (C=O) groups excluding carboxylic acids is 1. The lowest BCUT2D eigenvalue weighted by molar-refractivity contribution is 0.0503. The number of rotatable bonds is 2. The molecule has 19 heavy (non-hydrogen) atoms. The molecular weight excluding hydrogens is 256 g/mol. The lowest BCUT2D eigenvalue weighted by atomic mass is 10.3. The zero-order valence-electron chi connectivity index (χ0n) is 11.5. The summed E-state index contributed by atoms with van der Waals surface area (Å²) < 4.78 is 28.7. The summed E-state index contributed by atoms with van der Waals surface area (Å²) in [5.74, 6) is 0. The Bertz CT molecular complexity index is 339. The molecule has 1 fully saturated rings. The van der Waals surface area contributed by atoms with Crippen molar-refractivity contribution >= 4 is 6.29 Å². The number of hydrogen-bond acceptors (Lipinski definition) is 4. The van der Waals surface area contributed by atoms with Gasteiger partial charge in [-0.05, 0) is 7.05 Å². The number of nitrogens with zero attached hydrogens (tertiary/aromatic N) is 2. The third-order valence-corrected chi connectivity index (χ3v) is 2.28. The largest absolute Gasteiger partial charge is 0.379 e. The molecule has 7 heteroatoms. The van der Waals surface area contributed by atoms with E-state index in [2.05, 4.69) is 17.0 Å². The number of hydrogen-bond donors (Lipinski definition) is 1. The summed E-state index contributed by atoms with van der Waals surface area (Å²) in [4.78, 5) is 12.3. The van der Waals surface area contributed by atoms with Gasteiger partial charge in [0.1, 0.15) is 5.69 Å². The Morgan fingerprint density at radius 1 is 1.42 bits per heavy atom. The van der Waals surface area contributed by atoms with Gasteiger partial charge in [-0.1, -0.05) is 13.8 Å². The maximum atomic E-state index is 11.8. The minimum absolute atomic E-state index is 0.0880. The highest BCUT2D eigenvalue weighted by Gasteiger charge is 2.13. The second kappa shape index (κ2) is 10.6. The summed E-state index contributed by atoms with van der Waals surface area (Å²) in [5, 5.41) is 5.30. The van der Waals surface area contributed by atoms with Gasteiger partial charge in [0.2, 0.25) is 0 Å². The maximum absolute atomic E-state index is 11.8. The Kier molecular flexibility index (Phi) is 9.82. The smallest absolute Gasteiger partial charge is 0.280 e. The number of morpholine rings is 1. The number of carbonyl (C=O) groups is 1. The Morgan fingerprint density at radius 3 is 2.32 bits per heavy atom. The van der Waals surface area contributed by atoms with Crippen molar-refractivity contribution in [3.8, 4) is 0 Å². The highest BCUT2D eigenvalue weighted by Crippen LogP contribution is 2.17. The highest BCUT2D eigenvalue weighted by atomic mass is 19.3. The number of ether oxygens (including phenoxy) is 1. The van der Waals surface area contributed by atoms with Crippen LogP contribution in [0.3, 0.4) is 0 Å². The molecule has 1 aromatic rings. The molecule has 0 bridgehead atoms. The normalized spacial score (nSPS) is 15.1. The van der Waals surface area contributed by atoms with Crippen LogP contribution in [0.2, 0.25) is 0 Å². The van der Waals surface area contributed by atoms with Crippen LogP contribution >= 0.6 is 0 Å². The number of aromatic amines is 1. The van der Waals surface area contributed by atoms with Crippen LogP contribution < -0.4 is 0 Å². The number of aldehydes is 1. The third-order valence-electron chi connectivity index (χ3n) is 2.28. The number of H-pyrrole nitrogens is 1. The van der Waals surface area contributed by atoms with Gasteiger partial charge in [-0.2, -0.15) is 5.10 Å². The molecule has 0 saturated carbocycles. The average molecular weight is 277 g/mol. The molecule has 0 atom stereocenters. The fraction of sp³-hybridized carbons (Fsp3) is 0.667. The standard InChI is InChI=1S/C5H4F2N2O.C5H11NO.C2H6/c6-5(7)4-3(2-10)1-8-9-4;1-6-2-4-7-5-3-6;1-2/h1-2,5H,(H,8,9);2-5H2,1H3;1-2H3. The minimum atomic E-state index is -2.66. The molecule has 0 unspecified atom stereocenters. The number of likely N-dealkylation sites (N-methyl/N-ethyl adjacent to an activating group) is 1. The Balaban J connectivity index is 0.000000316. The summed E-state index contributed by atoms with van der Waals surface area (Å²) >= 11 is 0. The van der Waals surface area contributed by atoms with Gasteiger partial charge in [0.25, 0.3) is 6.43 Å². The van der Waals surface area contributed by atoms with Crippen molar-refractivity contribution in [3.63, 3.8) is 0 Å². The van der Waals surface area contributed by atoms with Crippen molar-refractivity contribution in [3.05, 3.63) is 17.5 Å². The Labute approximate surface area is 111 Å². The monoisotopic (exact) mass is 277 g/mol. The number of aromatic nitrogens is 2. The lowest BCUT2D eigenvalue weighted by Crippen LogP contribution is -2.32. The Morgan fingerprint density at radius 2 is 2.00 bits per heavy atom.